The molecular weight excluding hydrogens is 279 g/mol. The maximum Gasteiger partial charge on any atom is 0.451 e. The van der Waals surface area contributed by atoms with Crippen LogP contribution < -0.4 is 10.5 Å². The molecule has 2 rings (SSSR count). The van der Waals surface area contributed by atoms with E-state index in [-0.39, 0.29) is 18.3 Å². The Morgan fingerprint density at radius 1 is 1.32 bits per heavy atom. The Morgan fingerprint density at radius 3 is 2.74 bits per heavy atom. The monoisotopic (exact) mass is 289 g/mol. The molecule has 2 N–H and O–H groups in total. The Kier molecular flexibility index (Phi) is 3.89. The zero-order chi connectivity index (χ0) is 13.9. The maximum atomic E-state index is 12.5. The number of ether oxygens (including phenoxy) is 1. The van der Waals surface area contributed by atoms with Crippen LogP contribution in [0.1, 0.15) is 10.7 Å². The van der Waals surface area contributed by atoms with E-state index < -0.39 is 12.0 Å². The molecule has 0 aliphatic heterocycles. The molecule has 2 heterocycles. The number of thiophene rings is 1. The van der Waals surface area contributed by atoms with Gasteiger partial charge in [-0.1, -0.05) is 6.07 Å². The summed E-state index contributed by atoms with van der Waals surface area (Å²) in [6, 6.07) is 4.98. The Hall–Kier alpha value is -1.83. The number of nitrogens with zero attached hydrogens (tertiary/aromatic N) is 2. The summed E-state index contributed by atoms with van der Waals surface area (Å²) < 4.78 is 42.5. The van der Waals surface area contributed by atoms with Crippen molar-refractivity contribution in [2.45, 2.75) is 12.6 Å². The number of hydrogen-bond donors (Lipinski definition) is 1. The number of nitrogens with two attached hydrogens (primary N) is 1. The smallest absolute Gasteiger partial charge is 0.451 e. The van der Waals surface area contributed by atoms with Crippen LogP contribution in [0.15, 0.2) is 23.6 Å². The van der Waals surface area contributed by atoms with Crippen molar-refractivity contribution in [1.29, 1.82) is 0 Å². The van der Waals surface area contributed by atoms with E-state index in [0.717, 1.165) is 4.88 Å². The van der Waals surface area contributed by atoms with Crippen LogP contribution in [-0.2, 0) is 12.6 Å². The molecule has 0 saturated carbocycles. The molecule has 4 nitrogen and oxygen atoms in total. The first-order valence-electron chi connectivity index (χ1n) is 5.32. The lowest BCUT2D eigenvalue weighted by Gasteiger charge is -2.09. The fourth-order valence-electron chi connectivity index (χ4n) is 1.35. The van der Waals surface area contributed by atoms with Crippen molar-refractivity contribution in [1.82, 2.24) is 9.97 Å². The Balaban J connectivity index is 2.02. The quantitative estimate of drug-likeness (QED) is 0.940. The summed E-state index contributed by atoms with van der Waals surface area (Å²) in [5.74, 6) is -1.73. The molecule has 0 aliphatic rings. The second-order valence-corrected chi connectivity index (χ2v) is 4.66. The summed E-state index contributed by atoms with van der Waals surface area (Å²) in [7, 11) is 0. The largest absolute Gasteiger partial charge is 0.477 e. The summed E-state index contributed by atoms with van der Waals surface area (Å²) in [5, 5.41) is 1.92. The van der Waals surface area contributed by atoms with E-state index in [1.807, 2.05) is 17.5 Å². The Bertz CT molecular complexity index is 543. The molecule has 0 radical (unpaired) electrons. The maximum absolute atomic E-state index is 12.5. The molecule has 0 atom stereocenters. The minimum Gasteiger partial charge on any atom is -0.477 e. The van der Waals surface area contributed by atoms with Crippen molar-refractivity contribution in [2.75, 3.05) is 12.3 Å². The molecule has 0 aromatic carbocycles. The number of anilines is 1. The van der Waals surface area contributed by atoms with Gasteiger partial charge in [0.2, 0.25) is 11.7 Å². The molecular formula is C11H10F3N3OS. The van der Waals surface area contributed by atoms with Crippen LogP contribution in [-0.4, -0.2) is 16.6 Å². The van der Waals surface area contributed by atoms with E-state index in [2.05, 4.69) is 9.97 Å². The third kappa shape index (κ3) is 3.82. The second-order valence-electron chi connectivity index (χ2n) is 3.63. The van der Waals surface area contributed by atoms with Crippen molar-refractivity contribution >= 4 is 17.2 Å². The molecule has 0 bridgehead atoms. The molecule has 2 aromatic rings. The highest BCUT2D eigenvalue weighted by Crippen LogP contribution is 2.28. The third-order valence-electron chi connectivity index (χ3n) is 2.15. The molecule has 0 saturated heterocycles. The predicted octanol–water partition coefficient (Wildman–Crippen LogP) is 2.76. The summed E-state index contributed by atoms with van der Waals surface area (Å²) in [5.41, 5.74) is 5.29. The van der Waals surface area contributed by atoms with Gasteiger partial charge in [0.05, 0.1) is 6.61 Å². The van der Waals surface area contributed by atoms with Gasteiger partial charge >= 0.3 is 6.18 Å². The van der Waals surface area contributed by atoms with E-state index in [1.54, 1.807) is 11.3 Å². The van der Waals surface area contributed by atoms with E-state index in [0.29, 0.717) is 6.42 Å². The second kappa shape index (κ2) is 5.43. The van der Waals surface area contributed by atoms with Crippen LogP contribution in [0.4, 0.5) is 19.0 Å². The summed E-state index contributed by atoms with van der Waals surface area (Å²) >= 11 is 1.55. The van der Waals surface area contributed by atoms with Crippen molar-refractivity contribution in [2.24, 2.45) is 0 Å². The first kappa shape index (κ1) is 13.6. The number of hydrogen-bond acceptors (Lipinski definition) is 5. The lowest BCUT2D eigenvalue weighted by atomic mass is 10.4. The normalized spacial score (nSPS) is 11.5. The topological polar surface area (TPSA) is 61.0 Å². The van der Waals surface area contributed by atoms with Crippen LogP contribution in [0.25, 0.3) is 0 Å². The molecule has 19 heavy (non-hydrogen) atoms. The standard InChI is InChI=1S/C11H10F3N3OS/c12-11(13,14)10-16-8(15)6-9(17-10)18-4-3-7-2-1-5-19-7/h1-2,5-6H,3-4H2,(H2,15,16,17). The molecule has 0 fully saturated rings. The average molecular weight is 289 g/mol. The first-order valence-corrected chi connectivity index (χ1v) is 6.20. The molecule has 2 aromatic heterocycles. The van der Waals surface area contributed by atoms with Crippen LogP contribution in [0.2, 0.25) is 0 Å². The highest BCUT2D eigenvalue weighted by Gasteiger charge is 2.35. The fourth-order valence-corrected chi connectivity index (χ4v) is 2.04. The number of alkyl halides is 3. The van der Waals surface area contributed by atoms with Gasteiger partial charge in [-0.15, -0.1) is 11.3 Å². The van der Waals surface area contributed by atoms with Gasteiger partial charge in [-0.25, -0.2) is 4.98 Å². The fraction of sp³-hybridized carbons (Fsp3) is 0.273. The molecule has 0 unspecified atom stereocenters. The van der Waals surface area contributed by atoms with Crippen molar-refractivity contribution in [3.8, 4) is 5.88 Å². The van der Waals surface area contributed by atoms with Gasteiger partial charge in [0, 0.05) is 17.4 Å². The molecule has 0 amide bonds. The van der Waals surface area contributed by atoms with Gasteiger partial charge in [-0.05, 0) is 11.4 Å². The van der Waals surface area contributed by atoms with Crippen molar-refractivity contribution < 1.29 is 17.9 Å². The predicted molar refractivity (Wildman–Crippen MR) is 65.0 cm³/mol. The minimum absolute atomic E-state index is 0.170. The highest BCUT2D eigenvalue weighted by atomic mass is 32.1. The number of aromatic nitrogens is 2. The Labute approximate surface area is 111 Å². The van der Waals surface area contributed by atoms with Crippen LogP contribution in [0.3, 0.4) is 0 Å². The van der Waals surface area contributed by atoms with Gasteiger partial charge in [0.15, 0.2) is 0 Å². The van der Waals surface area contributed by atoms with Gasteiger partial charge in [0.25, 0.3) is 0 Å². The van der Waals surface area contributed by atoms with E-state index in [1.165, 1.54) is 6.07 Å². The minimum atomic E-state index is -4.64. The van der Waals surface area contributed by atoms with E-state index in [4.69, 9.17) is 10.5 Å². The van der Waals surface area contributed by atoms with Gasteiger partial charge < -0.3 is 10.5 Å². The van der Waals surface area contributed by atoms with Crippen LogP contribution in [0.5, 0.6) is 5.88 Å². The first-order chi connectivity index (χ1) is 8.95. The SMILES string of the molecule is Nc1cc(OCCc2cccs2)nc(C(F)(F)F)n1. The highest BCUT2D eigenvalue weighted by molar-refractivity contribution is 7.09. The molecule has 0 aliphatic carbocycles. The molecule has 0 spiro atoms. The van der Waals surface area contributed by atoms with Crippen molar-refractivity contribution in [3.63, 3.8) is 0 Å². The van der Waals surface area contributed by atoms with Crippen LogP contribution >= 0.6 is 11.3 Å². The lowest BCUT2D eigenvalue weighted by molar-refractivity contribution is -0.145. The van der Waals surface area contributed by atoms with Gasteiger partial charge in [-0.3, -0.25) is 0 Å². The molecule has 8 heteroatoms. The van der Waals surface area contributed by atoms with E-state index in [9.17, 15) is 13.2 Å². The summed E-state index contributed by atoms with van der Waals surface area (Å²) in [4.78, 5) is 7.50. The van der Waals surface area contributed by atoms with Crippen LogP contribution in [0, 0.1) is 0 Å². The van der Waals surface area contributed by atoms with E-state index >= 15 is 0 Å². The molecule has 102 valence electrons. The van der Waals surface area contributed by atoms with Crippen molar-refractivity contribution in [3.05, 3.63) is 34.3 Å². The average Bonchev–Trinajstić information content (AvgIpc) is 2.80. The van der Waals surface area contributed by atoms with Gasteiger partial charge in [0.1, 0.15) is 5.82 Å². The third-order valence-corrected chi connectivity index (χ3v) is 3.09. The number of rotatable bonds is 4. The summed E-state index contributed by atoms with van der Waals surface area (Å²) in [6.07, 6.45) is -4.04. The Morgan fingerprint density at radius 2 is 2.11 bits per heavy atom. The lowest BCUT2D eigenvalue weighted by Crippen LogP contribution is -2.14. The zero-order valence-corrected chi connectivity index (χ0v) is 10.5. The number of nitrogen functional groups attached to an aromatic ring is 1. The van der Waals surface area contributed by atoms with Gasteiger partial charge in [-0.2, -0.15) is 18.2 Å². The summed E-state index contributed by atoms with van der Waals surface area (Å²) in [6.45, 7) is 0.230. The number of halogens is 3. The zero-order valence-electron chi connectivity index (χ0n) is 9.65.